The fourth-order valence-electron chi connectivity index (χ4n) is 6.11. The molecule has 0 bridgehead atoms. The van der Waals surface area contributed by atoms with E-state index in [0.29, 0.717) is 17.4 Å². The number of aliphatic hydroxyl groups excluding tert-OH is 1. The van der Waals surface area contributed by atoms with Crippen LogP contribution in [-0.2, 0) is 18.4 Å². The second kappa shape index (κ2) is 41.1. The maximum absolute atomic E-state index is 12.9. The molecule has 2 N–H and O–H groups in total. The fourth-order valence-corrected chi connectivity index (χ4v) is 6.84. The second-order valence-corrected chi connectivity index (χ2v) is 18.1. The van der Waals surface area contributed by atoms with Crippen molar-refractivity contribution in [1.29, 1.82) is 0 Å². The molecule has 0 aliphatic heterocycles. The van der Waals surface area contributed by atoms with E-state index in [0.717, 1.165) is 89.9 Å². The van der Waals surface area contributed by atoms with Crippen molar-refractivity contribution in [1.82, 2.24) is 5.32 Å². The van der Waals surface area contributed by atoms with Gasteiger partial charge in [-0.3, -0.25) is 9.36 Å². The quantitative estimate of drug-likeness (QED) is 0.0275. The summed E-state index contributed by atoms with van der Waals surface area (Å²) in [6.45, 7) is 4.47. The number of quaternary nitrogens is 1. The molecule has 59 heavy (non-hydrogen) atoms. The third kappa shape index (κ3) is 43.6. The van der Waals surface area contributed by atoms with E-state index in [2.05, 4.69) is 92.1 Å². The van der Waals surface area contributed by atoms with Gasteiger partial charge in [0.1, 0.15) is 13.2 Å². The average Bonchev–Trinajstić information content (AvgIpc) is 3.19. The summed E-state index contributed by atoms with van der Waals surface area (Å²) in [6, 6.07) is -0.922. The molecule has 0 radical (unpaired) electrons. The largest absolute Gasteiger partial charge is 0.756 e. The van der Waals surface area contributed by atoms with Crippen LogP contribution in [0.1, 0.15) is 174 Å². The molecule has 0 aromatic rings. The van der Waals surface area contributed by atoms with Crippen LogP contribution in [0.4, 0.5) is 0 Å². The van der Waals surface area contributed by atoms with Crippen molar-refractivity contribution in [3.05, 3.63) is 85.1 Å². The van der Waals surface area contributed by atoms with Crippen molar-refractivity contribution in [2.75, 3.05) is 40.9 Å². The van der Waals surface area contributed by atoms with Crippen LogP contribution in [0.5, 0.6) is 0 Å². The van der Waals surface area contributed by atoms with Crippen molar-refractivity contribution in [2.45, 2.75) is 187 Å². The second-order valence-electron chi connectivity index (χ2n) is 16.7. The van der Waals surface area contributed by atoms with Crippen LogP contribution >= 0.6 is 7.82 Å². The van der Waals surface area contributed by atoms with Crippen LogP contribution in [0.3, 0.4) is 0 Å². The first kappa shape index (κ1) is 56.7. The first-order chi connectivity index (χ1) is 28.5. The molecule has 340 valence electrons. The zero-order valence-electron chi connectivity index (χ0n) is 38.4. The Bertz CT molecular complexity index is 1230. The number of carbonyl (C=O) groups excluding carboxylic acids is 1. The lowest BCUT2D eigenvalue weighted by Gasteiger charge is -2.29. The Morgan fingerprint density at radius 1 is 0.610 bits per heavy atom. The first-order valence-corrected chi connectivity index (χ1v) is 24.9. The summed E-state index contributed by atoms with van der Waals surface area (Å²) >= 11 is 0. The van der Waals surface area contributed by atoms with Gasteiger partial charge in [0.05, 0.1) is 39.9 Å². The number of amides is 1. The summed E-state index contributed by atoms with van der Waals surface area (Å²) in [5.74, 6) is -0.230. The van der Waals surface area contributed by atoms with Gasteiger partial charge < -0.3 is 28.8 Å². The summed E-state index contributed by atoms with van der Waals surface area (Å²) in [5.41, 5.74) is 0. The Balaban J connectivity index is 4.51. The lowest BCUT2D eigenvalue weighted by atomic mass is 10.1. The summed E-state index contributed by atoms with van der Waals surface area (Å²) in [4.78, 5) is 25.3. The van der Waals surface area contributed by atoms with Gasteiger partial charge in [0.25, 0.3) is 7.82 Å². The molecule has 0 aromatic carbocycles. The highest BCUT2D eigenvalue weighted by atomic mass is 31.2. The first-order valence-electron chi connectivity index (χ1n) is 23.4. The number of aliphatic hydroxyl groups is 1. The Morgan fingerprint density at radius 3 is 1.58 bits per heavy atom. The summed E-state index contributed by atoms with van der Waals surface area (Å²) in [6.07, 6.45) is 56.3. The zero-order valence-corrected chi connectivity index (χ0v) is 39.3. The van der Waals surface area contributed by atoms with E-state index in [1.165, 1.54) is 64.2 Å². The minimum Gasteiger partial charge on any atom is -0.756 e. The van der Waals surface area contributed by atoms with E-state index >= 15 is 0 Å². The van der Waals surface area contributed by atoms with E-state index < -0.39 is 26.6 Å². The molecule has 0 aliphatic rings. The Hall–Kier alpha value is -2.32. The molecule has 0 rings (SSSR count). The maximum atomic E-state index is 12.9. The number of hydrogen-bond donors (Lipinski definition) is 2. The van der Waals surface area contributed by atoms with Crippen molar-refractivity contribution in [2.24, 2.45) is 0 Å². The van der Waals surface area contributed by atoms with E-state index in [9.17, 15) is 19.4 Å². The molecule has 9 heteroatoms. The highest BCUT2D eigenvalue weighted by Gasteiger charge is 2.23. The van der Waals surface area contributed by atoms with Crippen molar-refractivity contribution >= 4 is 13.7 Å². The topological polar surface area (TPSA) is 108 Å². The number of rotatable bonds is 41. The maximum Gasteiger partial charge on any atom is 0.268 e. The van der Waals surface area contributed by atoms with Gasteiger partial charge in [-0.2, -0.15) is 0 Å². The predicted molar refractivity (Wildman–Crippen MR) is 251 cm³/mol. The Morgan fingerprint density at radius 2 is 1.05 bits per heavy atom. The van der Waals surface area contributed by atoms with E-state index in [1.54, 1.807) is 6.08 Å². The van der Waals surface area contributed by atoms with Gasteiger partial charge in [-0.15, -0.1) is 0 Å². The number of unbranched alkanes of at least 4 members (excludes halogenated alkanes) is 16. The molecule has 0 spiro atoms. The standard InChI is InChI=1S/C50H89N2O6P/c1-6-8-10-12-14-16-18-20-22-24-26-28-30-32-34-36-38-40-42-44-50(54)51-48(47-58-59(55,56)57-46-45-52(3,4)5)49(53)43-41-39-37-35-33-31-29-27-25-23-21-19-17-15-13-11-9-7-2/h8,10,14,16,20,22,25-28,33,35,41,43,48-49,53H,6-7,9,11-13,15,17-19,21,23-24,29-32,34,36-40,42,44-47H2,1-5H3,(H-,51,54,55,56)/b10-8-,16-14-,22-20-,27-25+,28-26-,35-33+,43-41+. The molecule has 3 atom stereocenters. The van der Waals surface area contributed by atoms with Gasteiger partial charge in [0.2, 0.25) is 5.91 Å². The zero-order chi connectivity index (χ0) is 43.6. The number of nitrogens with one attached hydrogen (secondary N) is 1. The third-order valence-corrected chi connectivity index (χ3v) is 10.8. The minimum absolute atomic E-state index is 0.0166. The van der Waals surface area contributed by atoms with Crippen molar-refractivity contribution in [3.8, 4) is 0 Å². The number of allylic oxidation sites excluding steroid dienone is 13. The Kier molecular flexibility index (Phi) is 39.4. The molecule has 3 unspecified atom stereocenters. The molecule has 0 fully saturated rings. The summed E-state index contributed by atoms with van der Waals surface area (Å²) < 4.78 is 23.2. The summed E-state index contributed by atoms with van der Waals surface area (Å²) in [5, 5.41) is 13.8. The monoisotopic (exact) mass is 845 g/mol. The van der Waals surface area contributed by atoms with Gasteiger partial charge in [-0.05, 0) is 83.5 Å². The highest BCUT2D eigenvalue weighted by Crippen LogP contribution is 2.38. The smallest absolute Gasteiger partial charge is 0.268 e. The molecule has 0 heterocycles. The van der Waals surface area contributed by atoms with Gasteiger partial charge >= 0.3 is 0 Å². The van der Waals surface area contributed by atoms with Crippen LogP contribution in [0.2, 0.25) is 0 Å². The number of phosphoric ester groups is 1. The molecule has 1 amide bonds. The van der Waals surface area contributed by atoms with Gasteiger partial charge in [0, 0.05) is 6.42 Å². The third-order valence-electron chi connectivity index (χ3n) is 9.82. The normalized spacial score (nSPS) is 15.0. The fraction of sp³-hybridized carbons (Fsp3) is 0.700. The van der Waals surface area contributed by atoms with Crippen molar-refractivity contribution < 1.29 is 32.9 Å². The van der Waals surface area contributed by atoms with Gasteiger partial charge in [0.15, 0.2) is 0 Å². The van der Waals surface area contributed by atoms with Gasteiger partial charge in [-0.25, -0.2) is 0 Å². The number of nitrogens with zero attached hydrogens (tertiary/aromatic N) is 1. The number of carbonyl (C=O) groups is 1. The van der Waals surface area contributed by atoms with Crippen LogP contribution in [0.25, 0.3) is 0 Å². The summed E-state index contributed by atoms with van der Waals surface area (Å²) in [7, 11) is 1.21. The van der Waals surface area contributed by atoms with E-state index in [4.69, 9.17) is 9.05 Å². The molecule has 0 aliphatic carbocycles. The SMILES string of the molecule is CC/C=C\C/C=C\C/C=C\C/C=C\CCCCCCCCC(=O)NC(COP(=O)([O-])OCC[N+](C)(C)C)C(O)/C=C/CC/C=C/CC/C=C/CCCCCCCCCC. The highest BCUT2D eigenvalue weighted by molar-refractivity contribution is 7.45. The molecule has 8 nitrogen and oxygen atoms in total. The van der Waals surface area contributed by atoms with Crippen LogP contribution in [0, 0.1) is 0 Å². The molecule has 0 saturated heterocycles. The van der Waals surface area contributed by atoms with Crippen LogP contribution in [-0.4, -0.2) is 68.5 Å². The minimum atomic E-state index is -4.61. The average molecular weight is 845 g/mol. The molecule has 0 aromatic heterocycles. The predicted octanol–water partition coefficient (Wildman–Crippen LogP) is 12.7. The lowest BCUT2D eigenvalue weighted by Crippen LogP contribution is -2.45. The van der Waals surface area contributed by atoms with E-state index in [1.807, 2.05) is 27.2 Å². The van der Waals surface area contributed by atoms with Crippen LogP contribution < -0.4 is 10.2 Å². The van der Waals surface area contributed by atoms with Crippen LogP contribution in [0.15, 0.2) is 85.1 Å². The Labute approximate surface area is 363 Å². The number of likely N-dealkylation sites (N-methyl/N-ethyl adjacent to an activating group) is 1. The van der Waals surface area contributed by atoms with E-state index in [-0.39, 0.29) is 12.5 Å². The van der Waals surface area contributed by atoms with Crippen molar-refractivity contribution in [3.63, 3.8) is 0 Å². The molecular formula is C50H89N2O6P. The molecule has 0 saturated carbocycles. The van der Waals surface area contributed by atoms with Gasteiger partial charge in [-0.1, -0.05) is 170 Å². The number of hydrogen-bond acceptors (Lipinski definition) is 6. The lowest BCUT2D eigenvalue weighted by molar-refractivity contribution is -0.870. The number of phosphoric acid groups is 1. The molecular weight excluding hydrogens is 756 g/mol.